The zero-order valence-electron chi connectivity index (χ0n) is 11.6. The Balaban J connectivity index is 2.38. The molecule has 0 aromatic carbocycles. The van der Waals surface area contributed by atoms with Crippen molar-refractivity contribution in [1.29, 1.82) is 0 Å². The molecule has 2 amide bonds. The van der Waals surface area contributed by atoms with Crippen LogP contribution in [0.25, 0.3) is 0 Å². The van der Waals surface area contributed by atoms with Gasteiger partial charge in [-0.25, -0.2) is 0 Å². The first-order chi connectivity index (χ1) is 8.45. The molecule has 1 aliphatic heterocycles. The molecule has 2 N–H and O–H groups in total. The second-order valence-electron chi connectivity index (χ2n) is 6.04. The third-order valence-electron chi connectivity index (χ3n) is 5.18. The Labute approximate surface area is 109 Å². The highest BCUT2D eigenvalue weighted by Crippen LogP contribution is 2.42. The largest absolute Gasteiger partial charge is 0.328 e. The van der Waals surface area contributed by atoms with Gasteiger partial charge in [0.1, 0.15) is 0 Å². The van der Waals surface area contributed by atoms with Crippen molar-refractivity contribution in [3.8, 4) is 0 Å². The summed E-state index contributed by atoms with van der Waals surface area (Å²) in [6, 6.07) is 0. The normalized spacial score (nSPS) is 41.6. The van der Waals surface area contributed by atoms with Gasteiger partial charge in [0.25, 0.3) is 0 Å². The topological polar surface area (TPSA) is 63.4 Å². The molecule has 102 valence electrons. The molecule has 4 atom stereocenters. The highest BCUT2D eigenvalue weighted by Gasteiger charge is 2.54. The molecule has 4 nitrogen and oxygen atoms in total. The summed E-state index contributed by atoms with van der Waals surface area (Å²) in [5.74, 6) is -0.134. The fourth-order valence-corrected chi connectivity index (χ4v) is 3.51. The van der Waals surface area contributed by atoms with E-state index in [1.807, 2.05) is 13.8 Å². The Morgan fingerprint density at radius 2 is 1.72 bits per heavy atom. The lowest BCUT2D eigenvalue weighted by Crippen LogP contribution is -2.61. The van der Waals surface area contributed by atoms with Crippen molar-refractivity contribution in [3.05, 3.63) is 0 Å². The molecule has 0 spiro atoms. The van der Waals surface area contributed by atoms with Gasteiger partial charge in [-0.3, -0.25) is 14.5 Å². The molecule has 18 heavy (non-hydrogen) atoms. The maximum Gasteiger partial charge on any atom is 0.233 e. The third-order valence-corrected chi connectivity index (χ3v) is 5.18. The van der Waals surface area contributed by atoms with E-state index < -0.39 is 5.54 Å². The van der Waals surface area contributed by atoms with E-state index in [1.165, 1.54) is 11.3 Å². The van der Waals surface area contributed by atoms with Crippen LogP contribution in [0.1, 0.15) is 46.5 Å². The lowest BCUT2D eigenvalue weighted by molar-refractivity contribution is -0.151. The predicted molar refractivity (Wildman–Crippen MR) is 69.6 cm³/mol. The average molecular weight is 252 g/mol. The molecule has 4 unspecified atom stereocenters. The number of carbonyl (C=O) groups excluding carboxylic acids is 2. The Morgan fingerprint density at radius 1 is 1.17 bits per heavy atom. The third kappa shape index (κ3) is 1.69. The molecule has 2 aliphatic rings. The fraction of sp³-hybridized carbons (Fsp3) is 0.857. The Kier molecular flexibility index (Phi) is 3.49. The fourth-order valence-electron chi connectivity index (χ4n) is 3.51. The van der Waals surface area contributed by atoms with Gasteiger partial charge in [0.2, 0.25) is 11.8 Å². The van der Waals surface area contributed by atoms with E-state index in [0.717, 1.165) is 19.3 Å². The minimum atomic E-state index is -0.425. The summed E-state index contributed by atoms with van der Waals surface area (Å²) in [6.07, 6.45) is 4.14. The van der Waals surface area contributed by atoms with Crippen molar-refractivity contribution in [1.82, 2.24) is 4.90 Å². The van der Waals surface area contributed by atoms with Crippen molar-refractivity contribution in [2.24, 2.45) is 23.5 Å². The van der Waals surface area contributed by atoms with E-state index in [0.29, 0.717) is 12.5 Å². The molecule has 2 rings (SSSR count). The van der Waals surface area contributed by atoms with E-state index in [2.05, 4.69) is 6.92 Å². The maximum absolute atomic E-state index is 12.4. The second kappa shape index (κ2) is 4.65. The quantitative estimate of drug-likeness (QED) is 0.758. The first kappa shape index (κ1) is 13.5. The molecule has 1 saturated carbocycles. The molecule has 1 heterocycles. The zero-order valence-corrected chi connectivity index (χ0v) is 11.6. The number of nitrogens with two attached hydrogens (primary N) is 1. The molecule has 2 fully saturated rings. The van der Waals surface area contributed by atoms with Gasteiger partial charge in [-0.05, 0) is 18.8 Å². The second-order valence-corrected chi connectivity index (χ2v) is 6.04. The number of hydrogen-bond donors (Lipinski definition) is 1. The molecule has 0 aromatic heterocycles. The highest BCUT2D eigenvalue weighted by molar-refractivity contribution is 6.05. The lowest BCUT2D eigenvalue weighted by atomic mass is 9.72. The van der Waals surface area contributed by atoms with Gasteiger partial charge in [0.15, 0.2) is 0 Å². The summed E-state index contributed by atoms with van der Waals surface area (Å²) >= 11 is 0. The number of imide groups is 1. The van der Waals surface area contributed by atoms with Crippen molar-refractivity contribution >= 4 is 11.8 Å². The van der Waals surface area contributed by atoms with Gasteiger partial charge in [-0.15, -0.1) is 0 Å². The summed E-state index contributed by atoms with van der Waals surface area (Å²) in [7, 11) is 0. The molecule has 4 heteroatoms. The van der Waals surface area contributed by atoms with Crippen LogP contribution in [-0.4, -0.2) is 28.8 Å². The van der Waals surface area contributed by atoms with Crippen LogP contribution in [0.2, 0.25) is 0 Å². The maximum atomic E-state index is 12.4. The van der Waals surface area contributed by atoms with Gasteiger partial charge < -0.3 is 5.73 Å². The summed E-state index contributed by atoms with van der Waals surface area (Å²) in [5.41, 5.74) is 5.55. The summed E-state index contributed by atoms with van der Waals surface area (Å²) in [5, 5.41) is 0. The zero-order chi connectivity index (χ0) is 13.5. The van der Waals surface area contributed by atoms with Crippen LogP contribution in [0.15, 0.2) is 0 Å². The molecule has 1 saturated heterocycles. The van der Waals surface area contributed by atoms with Gasteiger partial charge >= 0.3 is 0 Å². The van der Waals surface area contributed by atoms with Crippen LogP contribution in [0.5, 0.6) is 0 Å². The van der Waals surface area contributed by atoms with Crippen molar-refractivity contribution in [2.45, 2.75) is 52.0 Å². The number of rotatable bonds is 2. The van der Waals surface area contributed by atoms with E-state index in [1.54, 1.807) is 0 Å². The smallest absolute Gasteiger partial charge is 0.233 e. The first-order valence-electron chi connectivity index (χ1n) is 7.03. The molecule has 0 radical (unpaired) electrons. The Hall–Kier alpha value is -0.900. The van der Waals surface area contributed by atoms with Crippen molar-refractivity contribution in [3.63, 3.8) is 0 Å². The predicted octanol–water partition coefficient (Wildman–Crippen LogP) is 1.53. The van der Waals surface area contributed by atoms with Crippen LogP contribution in [0, 0.1) is 17.8 Å². The number of nitrogens with zero attached hydrogens (tertiary/aromatic N) is 1. The number of amides is 2. The van der Waals surface area contributed by atoms with E-state index in [4.69, 9.17) is 5.73 Å². The van der Waals surface area contributed by atoms with Crippen LogP contribution in [-0.2, 0) is 9.59 Å². The number of hydrogen-bond acceptors (Lipinski definition) is 3. The molecular weight excluding hydrogens is 228 g/mol. The van der Waals surface area contributed by atoms with Gasteiger partial charge in [-0.2, -0.15) is 0 Å². The number of carbonyl (C=O) groups is 2. The molecule has 0 aromatic rings. The Bertz CT molecular complexity index is 349. The van der Waals surface area contributed by atoms with E-state index in [9.17, 15) is 9.59 Å². The van der Waals surface area contributed by atoms with Gasteiger partial charge in [-0.1, -0.05) is 33.6 Å². The standard InChI is InChI=1S/C14H24N2O2/c1-9-6-4-5-7-14(9,8-15)16-12(17)10(2)11(3)13(16)18/h9-11H,4-8,15H2,1-3H3. The van der Waals surface area contributed by atoms with E-state index >= 15 is 0 Å². The van der Waals surface area contributed by atoms with Crippen LogP contribution >= 0.6 is 0 Å². The first-order valence-corrected chi connectivity index (χ1v) is 7.03. The minimum absolute atomic E-state index is 0.0216. The SMILES string of the molecule is CC1C(=O)N(C2(CN)CCCCC2C)C(=O)C1C. The van der Waals surface area contributed by atoms with Crippen molar-refractivity contribution in [2.75, 3.05) is 6.54 Å². The highest BCUT2D eigenvalue weighted by atomic mass is 16.2. The monoisotopic (exact) mass is 252 g/mol. The molecule has 0 bridgehead atoms. The van der Waals surface area contributed by atoms with E-state index in [-0.39, 0.29) is 23.7 Å². The average Bonchev–Trinajstić information content (AvgIpc) is 2.56. The molecular formula is C14H24N2O2. The summed E-state index contributed by atoms with van der Waals surface area (Å²) in [6.45, 7) is 6.22. The van der Waals surface area contributed by atoms with Crippen LogP contribution in [0.3, 0.4) is 0 Å². The minimum Gasteiger partial charge on any atom is -0.328 e. The summed E-state index contributed by atoms with van der Waals surface area (Å²) < 4.78 is 0. The lowest BCUT2D eigenvalue weighted by Gasteiger charge is -2.47. The van der Waals surface area contributed by atoms with Crippen molar-refractivity contribution < 1.29 is 9.59 Å². The summed E-state index contributed by atoms with van der Waals surface area (Å²) in [4.78, 5) is 26.3. The van der Waals surface area contributed by atoms with Crippen LogP contribution < -0.4 is 5.73 Å². The van der Waals surface area contributed by atoms with Crippen LogP contribution in [0.4, 0.5) is 0 Å². The Morgan fingerprint density at radius 3 is 2.17 bits per heavy atom. The van der Waals surface area contributed by atoms with Gasteiger partial charge in [0.05, 0.1) is 5.54 Å². The molecule has 1 aliphatic carbocycles. The number of likely N-dealkylation sites (tertiary alicyclic amines) is 1. The van der Waals surface area contributed by atoms with Gasteiger partial charge in [0, 0.05) is 18.4 Å².